The van der Waals surface area contributed by atoms with Crippen molar-refractivity contribution >= 4 is 36.1 Å². The number of imide groups is 1. The Bertz CT molecular complexity index is 1310. The van der Waals surface area contributed by atoms with E-state index in [1.807, 2.05) is 43.3 Å². The van der Waals surface area contributed by atoms with Crippen LogP contribution in [0, 0.1) is 13.8 Å². The van der Waals surface area contributed by atoms with Gasteiger partial charge < -0.3 is 4.74 Å². The van der Waals surface area contributed by atoms with Crippen LogP contribution in [0.25, 0.3) is 5.65 Å². The molecule has 0 aliphatic rings. The molecule has 0 spiro atoms. The molecule has 0 aliphatic heterocycles. The zero-order valence-electron chi connectivity index (χ0n) is 18.2. The molecule has 2 heterocycles. The number of ether oxygens (including phenoxy) is 1. The average molecular weight is 462 g/mol. The lowest BCUT2D eigenvalue weighted by atomic mass is 10.2. The van der Waals surface area contributed by atoms with Crippen LogP contribution in [-0.2, 0) is 6.42 Å². The van der Waals surface area contributed by atoms with Crippen molar-refractivity contribution in [1.82, 2.24) is 19.9 Å². The number of anilines is 1. The van der Waals surface area contributed by atoms with Gasteiger partial charge in [0.15, 0.2) is 5.65 Å². The van der Waals surface area contributed by atoms with Crippen LogP contribution in [0.1, 0.15) is 27.3 Å². The normalized spacial score (nSPS) is 10.8. The first-order valence-electron chi connectivity index (χ1n) is 10.4. The molecule has 8 nitrogen and oxygen atoms in total. The fourth-order valence-corrected chi connectivity index (χ4v) is 3.53. The summed E-state index contributed by atoms with van der Waals surface area (Å²) in [7, 11) is 0. The zero-order chi connectivity index (χ0) is 23.4. The number of thiol groups is 1. The van der Waals surface area contributed by atoms with Gasteiger partial charge in [-0.05, 0) is 31.5 Å². The lowest BCUT2D eigenvalue weighted by Crippen LogP contribution is -2.38. The Hall–Kier alpha value is -3.85. The van der Waals surface area contributed by atoms with Crippen molar-refractivity contribution in [3.63, 3.8) is 0 Å². The second kappa shape index (κ2) is 9.74. The molecule has 9 heteroatoms. The number of aromatic nitrogens is 3. The predicted molar refractivity (Wildman–Crippen MR) is 129 cm³/mol. The first-order valence-corrected chi connectivity index (χ1v) is 10.8. The van der Waals surface area contributed by atoms with Crippen molar-refractivity contribution in [3.8, 4) is 5.75 Å². The largest absolute Gasteiger partial charge is 0.493 e. The standard InChI is InChI=1S/C24H23N5O3S/c1-16-13-22-25-15-21(17(2)28(22)27-16)23(30)26-24(31)29(33)19-9-6-10-20(14-19)32-12-11-18-7-4-3-5-8-18/h3-10,13-15,33H,11-12H2,1-2H3,(H,26,30,31). The number of nitrogens with zero attached hydrogens (tertiary/aromatic N) is 4. The molecule has 33 heavy (non-hydrogen) atoms. The zero-order valence-corrected chi connectivity index (χ0v) is 19.1. The van der Waals surface area contributed by atoms with E-state index in [1.165, 1.54) is 11.8 Å². The number of benzene rings is 2. The van der Waals surface area contributed by atoms with Crippen molar-refractivity contribution in [2.24, 2.45) is 0 Å². The number of aryl methyl sites for hydroxylation is 2. The number of carbonyl (C=O) groups excluding carboxylic acids is 2. The number of urea groups is 1. The van der Waals surface area contributed by atoms with Gasteiger partial charge in [-0.1, -0.05) is 49.2 Å². The van der Waals surface area contributed by atoms with Crippen molar-refractivity contribution in [2.75, 3.05) is 10.9 Å². The highest BCUT2D eigenvalue weighted by Gasteiger charge is 2.20. The lowest BCUT2D eigenvalue weighted by Gasteiger charge is -2.17. The predicted octanol–water partition coefficient (Wildman–Crippen LogP) is 4.17. The molecule has 0 radical (unpaired) electrons. The molecule has 0 unspecified atom stereocenters. The van der Waals surface area contributed by atoms with Gasteiger partial charge in [0.05, 0.1) is 29.2 Å². The number of fused-ring (bicyclic) bond motifs is 1. The van der Waals surface area contributed by atoms with Crippen molar-refractivity contribution in [3.05, 3.63) is 89.4 Å². The van der Waals surface area contributed by atoms with Gasteiger partial charge in [-0.2, -0.15) is 5.10 Å². The van der Waals surface area contributed by atoms with Gasteiger partial charge in [0, 0.05) is 24.8 Å². The van der Waals surface area contributed by atoms with E-state index in [2.05, 4.69) is 28.2 Å². The Morgan fingerprint density at radius 1 is 1.09 bits per heavy atom. The van der Waals surface area contributed by atoms with Crippen LogP contribution < -0.4 is 14.4 Å². The number of hydrogen-bond acceptors (Lipinski definition) is 6. The Morgan fingerprint density at radius 2 is 1.88 bits per heavy atom. The van der Waals surface area contributed by atoms with Crippen LogP contribution in [0.5, 0.6) is 5.75 Å². The van der Waals surface area contributed by atoms with Crippen molar-refractivity contribution < 1.29 is 14.3 Å². The van der Waals surface area contributed by atoms with Gasteiger partial charge in [0.25, 0.3) is 5.91 Å². The highest BCUT2D eigenvalue weighted by Crippen LogP contribution is 2.23. The van der Waals surface area contributed by atoms with E-state index < -0.39 is 11.9 Å². The summed E-state index contributed by atoms with van der Waals surface area (Å²) in [5, 5.41) is 6.66. The fourth-order valence-electron chi connectivity index (χ4n) is 3.36. The van der Waals surface area contributed by atoms with Crippen LogP contribution in [-0.4, -0.2) is 33.1 Å². The molecule has 4 rings (SSSR count). The topological polar surface area (TPSA) is 88.8 Å². The third-order valence-corrected chi connectivity index (χ3v) is 5.48. The van der Waals surface area contributed by atoms with Crippen LogP contribution in [0.15, 0.2) is 66.9 Å². The Kier molecular flexibility index (Phi) is 6.60. The monoisotopic (exact) mass is 461 g/mol. The van der Waals surface area contributed by atoms with Gasteiger partial charge in [-0.25, -0.2) is 18.6 Å². The second-order valence-electron chi connectivity index (χ2n) is 7.47. The van der Waals surface area contributed by atoms with Crippen molar-refractivity contribution in [1.29, 1.82) is 0 Å². The summed E-state index contributed by atoms with van der Waals surface area (Å²) in [5.41, 5.74) is 3.89. The number of hydrogen-bond donors (Lipinski definition) is 2. The van der Waals surface area contributed by atoms with E-state index in [9.17, 15) is 9.59 Å². The first-order chi connectivity index (χ1) is 15.9. The Balaban J connectivity index is 1.40. The highest BCUT2D eigenvalue weighted by atomic mass is 32.1. The Labute approximate surface area is 196 Å². The van der Waals surface area contributed by atoms with Crippen LogP contribution >= 0.6 is 12.8 Å². The summed E-state index contributed by atoms with van der Waals surface area (Å²) < 4.78 is 8.44. The summed E-state index contributed by atoms with van der Waals surface area (Å²) in [4.78, 5) is 29.6. The third-order valence-electron chi connectivity index (χ3n) is 5.07. The molecule has 0 saturated heterocycles. The van der Waals surface area contributed by atoms with Gasteiger partial charge in [-0.15, -0.1) is 0 Å². The summed E-state index contributed by atoms with van der Waals surface area (Å²) in [6.45, 7) is 4.08. The summed E-state index contributed by atoms with van der Waals surface area (Å²) in [6.07, 6.45) is 2.19. The molecule has 0 saturated carbocycles. The fraction of sp³-hybridized carbons (Fsp3) is 0.167. The maximum atomic E-state index is 12.7. The number of nitrogens with one attached hydrogen (secondary N) is 1. The quantitative estimate of drug-likeness (QED) is 0.421. The highest BCUT2D eigenvalue weighted by molar-refractivity contribution is 7.82. The SMILES string of the molecule is Cc1cc2ncc(C(=O)NC(=O)N(S)c3cccc(OCCc4ccccc4)c3)c(C)n2n1. The number of carbonyl (C=O) groups is 2. The molecule has 0 atom stereocenters. The number of amides is 3. The van der Waals surface area contributed by atoms with E-state index in [0.29, 0.717) is 29.4 Å². The van der Waals surface area contributed by atoms with Gasteiger partial charge in [0.1, 0.15) is 5.75 Å². The third kappa shape index (κ3) is 5.15. The van der Waals surface area contributed by atoms with Crippen LogP contribution in [0.4, 0.5) is 10.5 Å². The minimum Gasteiger partial charge on any atom is -0.493 e. The smallest absolute Gasteiger partial charge is 0.338 e. The molecule has 4 aromatic rings. The van der Waals surface area contributed by atoms with E-state index >= 15 is 0 Å². The number of rotatable bonds is 6. The second-order valence-corrected chi connectivity index (χ2v) is 7.87. The molecular weight excluding hydrogens is 438 g/mol. The van der Waals surface area contributed by atoms with Crippen molar-refractivity contribution in [2.45, 2.75) is 20.3 Å². The summed E-state index contributed by atoms with van der Waals surface area (Å²) in [6, 6.07) is 18.1. The molecule has 2 aromatic heterocycles. The Morgan fingerprint density at radius 3 is 2.67 bits per heavy atom. The molecule has 3 amide bonds. The van der Waals surface area contributed by atoms with E-state index in [-0.39, 0.29) is 5.56 Å². The molecular formula is C24H23N5O3S. The minimum atomic E-state index is -0.694. The molecule has 2 aromatic carbocycles. The lowest BCUT2D eigenvalue weighted by molar-refractivity contribution is 0.0965. The molecule has 168 valence electrons. The van der Waals surface area contributed by atoms with Gasteiger partial charge in [-0.3, -0.25) is 10.1 Å². The van der Waals surface area contributed by atoms with Crippen LogP contribution in [0.3, 0.4) is 0 Å². The van der Waals surface area contributed by atoms with Gasteiger partial charge >= 0.3 is 6.03 Å². The molecule has 0 bridgehead atoms. The maximum Gasteiger partial charge on any atom is 0.338 e. The molecule has 0 fully saturated rings. The first kappa shape index (κ1) is 22.3. The average Bonchev–Trinajstić information content (AvgIpc) is 3.21. The summed E-state index contributed by atoms with van der Waals surface area (Å²) in [5.74, 6) is 0.00974. The molecule has 1 N–H and O–H groups in total. The van der Waals surface area contributed by atoms with E-state index in [1.54, 1.807) is 35.7 Å². The maximum absolute atomic E-state index is 12.7. The minimum absolute atomic E-state index is 0.249. The molecule has 0 aliphatic carbocycles. The summed E-state index contributed by atoms with van der Waals surface area (Å²) >= 11 is 4.27. The van der Waals surface area contributed by atoms with E-state index in [0.717, 1.165) is 16.4 Å². The van der Waals surface area contributed by atoms with Gasteiger partial charge in [0.2, 0.25) is 0 Å². The van der Waals surface area contributed by atoms with E-state index in [4.69, 9.17) is 4.74 Å². The van der Waals surface area contributed by atoms with Crippen LogP contribution in [0.2, 0.25) is 0 Å².